The van der Waals surface area contributed by atoms with Gasteiger partial charge in [0.05, 0.1) is 29.2 Å². The number of likely N-dealkylation sites (N-methyl/N-ethyl adjacent to an activating group) is 1. The van der Waals surface area contributed by atoms with Crippen molar-refractivity contribution in [3.8, 4) is 17.2 Å². The summed E-state index contributed by atoms with van der Waals surface area (Å²) < 4.78 is 10.8. The highest BCUT2D eigenvalue weighted by atomic mass is 16.7. The summed E-state index contributed by atoms with van der Waals surface area (Å²) in [6.07, 6.45) is -0.142. The number of aliphatic hydroxyl groups excluding tert-OH is 3. The van der Waals surface area contributed by atoms with Gasteiger partial charge >= 0.3 is 0 Å². The van der Waals surface area contributed by atoms with Gasteiger partial charge in [-0.15, -0.1) is 0 Å². The molecular formula is C29H26N2O10. The number of primary amides is 1. The largest absolute Gasteiger partial charge is 0.508 e. The van der Waals surface area contributed by atoms with E-state index < -0.39 is 69.7 Å². The number of phenolic OH excluding ortho intramolecular Hbond substituents is 1. The number of ether oxygens (including phenoxy) is 2. The van der Waals surface area contributed by atoms with E-state index in [9.17, 15) is 39.9 Å². The molecule has 1 fully saturated rings. The number of aliphatic hydroxyl groups is 4. The quantitative estimate of drug-likeness (QED) is 0.287. The fraction of sp³-hybridized carbons (Fsp3) is 0.276. The number of hydrogen-bond acceptors (Lipinski definition) is 11. The molecule has 0 bridgehead atoms. The van der Waals surface area contributed by atoms with Gasteiger partial charge in [0.15, 0.2) is 22.9 Å². The molecule has 3 aliphatic carbocycles. The van der Waals surface area contributed by atoms with Gasteiger partial charge in [-0.3, -0.25) is 19.3 Å². The zero-order valence-corrected chi connectivity index (χ0v) is 21.9. The van der Waals surface area contributed by atoms with Gasteiger partial charge in [-0.2, -0.15) is 0 Å². The minimum Gasteiger partial charge on any atom is -0.508 e. The van der Waals surface area contributed by atoms with Crippen molar-refractivity contribution < 1.29 is 49.4 Å². The van der Waals surface area contributed by atoms with Crippen LogP contribution in [0.1, 0.15) is 16.7 Å². The smallest absolute Gasteiger partial charge is 0.255 e. The van der Waals surface area contributed by atoms with Crippen molar-refractivity contribution in [2.24, 2.45) is 17.6 Å². The molecule has 12 heteroatoms. The SMILES string of the molecule is CN(C)C1C(=O)C(C(N)=O)=C(O)C2(O)C(=O)C3=C(O)c4c(O)cccc4/C(=C\c4ccc5c(c4)OCO5)C3C(O)C12. The van der Waals surface area contributed by atoms with E-state index in [0.29, 0.717) is 17.1 Å². The fourth-order valence-corrected chi connectivity index (χ4v) is 6.49. The van der Waals surface area contributed by atoms with E-state index >= 15 is 0 Å². The van der Waals surface area contributed by atoms with Crippen molar-refractivity contribution in [1.82, 2.24) is 4.90 Å². The van der Waals surface area contributed by atoms with Crippen molar-refractivity contribution in [3.63, 3.8) is 0 Å². The van der Waals surface area contributed by atoms with E-state index in [-0.39, 0.29) is 29.2 Å². The van der Waals surface area contributed by atoms with Gasteiger partial charge in [0.25, 0.3) is 5.91 Å². The van der Waals surface area contributed by atoms with Crippen LogP contribution in [-0.4, -0.2) is 86.5 Å². The first kappa shape index (κ1) is 26.6. The summed E-state index contributed by atoms with van der Waals surface area (Å²) in [6, 6.07) is 7.98. The zero-order chi connectivity index (χ0) is 29.5. The maximum atomic E-state index is 14.2. The van der Waals surface area contributed by atoms with E-state index in [1.807, 2.05) is 0 Å². The number of aromatic hydroxyl groups is 1. The first-order valence-electron chi connectivity index (χ1n) is 12.7. The molecule has 0 spiro atoms. The Morgan fingerprint density at radius 2 is 1.80 bits per heavy atom. The van der Waals surface area contributed by atoms with Gasteiger partial charge in [0, 0.05) is 5.92 Å². The Kier molecular flexibility index (Phi) is 5.79. The maximum absolute atomic E-state index is 14.2. The Balaban J connectivity index is 1.65. The molecule has 1 saturated carbocycles. The highest BCUT2D eigenvalue weighted by Gasteiger charge is 2.68. The number of nitrogens with two attached hydrogens (primary N) is 1. The summed E-state index contributed by atoms with van der Waals surface area (Å²) in [5, 5.41) is 56.9. The molecule has 5 unspecified atom stereocenters. The number of fused-ring (bicyclic) bond motifs is 4. The van der Waals surface area contributed by atoms with Gasteiger partial charge in [0.2, 0.25) is 12.6 Å². The summed E-state index contributed by atoms with van der Waals surface area (Å²) in [5.74, 6) is -8.05. The maximum Gasteiger partial charge on any atom is 0.255 e. The van der Waals surface area contributed by atoms with Crippen LogP contribution in [-0.2, 0) is 14.4 Å². The fourth-order valence-electron chi connectivity index (χ4n) is 6.49. The van der Waals surface area contributed by atoms with Crippen molar-refractivity contribution in [3.05, 3.63) is 70.0 Å². The lowest BCUT2D eigenvalue weighted by Gasteiger charge is -2.53. The predicted octanol–water partition coefficient (Wildman–Crippen LogP) is 0.662. The minimum atomic E-state index is -3.00. The molecule has 1 amide bonds. The topological polar surface area (TPSA) is 200 Å². The molecule has 0 aromatic heterocycles. The van der Waals surface area contributed by atoms with Crippen molar-refractivity contribution in [1.29, 1.82) is 0 Å². The lowest BCUT2D eigenvalue weighted by Crippen LogP contribution is -2.70. The zero-order valence-electron chi connectivity index (χ0n) is 21.9. The number of benzene rings is 2. The Morgan fingerprint density at radius 1 is 1.10 bits per heavy atom. The number of rotatable bonds is 3. The molecule has 2 aromatic rings. The summed E-state index contributed by atoms with van der Waals surface area (Å²) in [7, 11) is 2.89. The summed E-state index contributed by atoms with van der Waals surface area (Å²) in [5.41, 5.74) is 1.85. The Morgan fingerprint density at radius 3 is 2.49 bits per heavy atom. The number of amides is 1. The molecule has 2 aromatic carbocycles. The number of nitrogens with zero attached hydrogens (tertiary/aromatic N) is 1. The molecule has 1 heterocycles. The highest BCUT2D eigenvalue weighted by Crippen LogP contribution is 2.56. The number of ketones is 2. The molecule has 0 radical (unpaired) electrons. The molecule has 12 nitrogen and oxygen atoms in total. The second kappa shape index (κ2) is 8.93. The molecule has 41 heavy (non-hydrogen) atoms. The molecule has 212 valence electrons. The van der Waals surface area contributed by atoms with E-state index in [4.69, 9.17) is 15.2 Å². The second-order valence-electron chi connectivity index (χ2n) is 10.6. The molecular weight excluding hydrogens is 536 g/mol. The normalized spacial score (nSPS) is 29.5. The Labute approximate surface area is 232 Å². The van der Waals surface area contributed by atoms with Crippen molar-refractivity contribution in [2.45, 2.75) is 17.7 Å². The Bertz CT molecular complexity index is 1650. The van der Waals surface area contributed by atoms with Crippen LogP contribution in [0.2, 0.25) is 0 Å². The summed E-state index contributed by atoms with van der Waals surface area (Å²) in [6.45, 7) is 0.0349. The average Bonchev–Trinajstić information content (AvgIpc) is 3.38. The molecule has 7 N–H and O–H groups in total. The lowest BCUT2D eigenvalue weighted by atomic mass is 9.55. The van der Waals surface area contributed by atoms with E-state index in [1.165, 1.54) is 31.1 Å². The number of Topliss-reactive ketones (excluding diaryl/α,β-unsaturated/α-hetero) is 2. The van der Waals surface area contributed by atoms with Gasteiger partial charge in [-0.1, -0.05) is 24.3 Å². The Hall–Kier alpha value is -4.65. The van der Waals surface area contributed by atoms with Crippen LogP contribution in [0.25, 0.3) is 17.4 Å². The van der Waals surface area contributed by atoms with Crippen LogP contribution in [0, 0.1) is 11.8 Å². The third-order valence-corrected chi connectivity index (χ3v) is 8.25. The van der Waals surface area contributed by atoms with Crippen LogP contribution in [0.15, 0.2) is 53.3 Å². The van der Waals surface area contributed by atoms with E-state index in [2.05, 4.69) is 0 Å². The first-order valence-corrected chi connectivity index (χ1v) is 12.7. The predicted molar refractivity (Wildman–Crippen MR) is 142 cm³/mol. The van der Waals surface area contributed by atoms with Crippen molar-refractivity contribution in [2.75, 3.05) is 20.9 Å². The molecule has 5 atom stereocenters. The third-order valence-electron chi connectivity index (χ3n) is 8.25. The number of hydrogen-bond donors (Lipinski definition) is 6. The monoisotopic (exact) mass is 562 g/mol. The van der Waals surface area contributed by atoms with Gasteiger partial charge in [-0.05, 0) is 49.0 Å². The summed E-state index contributed by atoms with van der Waals surface area (Å²) >= 11 is 0. The lowest BCUT2D eigenvalue weighted by molar-refractivity contribution is -0.166. The van der Waals surface area contributed by atoms with E-state index in [1.54, 1.807) is 30.3 Å². The molecule has 6 rings (SSSR count). The second-order valence-corrected chi connectivity index (χ2v) is 10.6. The van der Waals surface area contributed by atoms with Crippen LogP contribution < -0.4 is 15.2 Å². The van der Waals surface area contributed by atoms with Crippen LogP contribution >= 0.6 is 0 Å². The highest BCUT2D eigenvalue weighted by molar-refractivity contribution is 6.25. The van der Waals surface area contributed by atoms with E-state index in [0.717, 1.165) is 0 Å². The molecule has 0 saturated heterocycles. The average molecular weight is 563 g/mol. The molecule has 4 aliphatic rings. The first-order chi connectivity index (χ1) is 19.4. The van der Waals surface area contributed by atoms with Crippen LogP contribution in [0.4, 0.5) is 0 Å². The van der Waals surface area contributed by atoms with Gasteiger partial charge in [0.1, 0.15) is 22.8 Å². The standard InChI is InChI=1S/C29H26N2O10/c1-31(2)22-21-24(34)18-13(8-11-6-7-15-16(9-11)41-10-40-15)12-4-3-5-14(32)17(12)23(33)19(18)26(36)29(21,39)27(37)20(25(22)35)28(30)38/h3-9,18,21-22,24,32-34,37,39H,10H2,1-2H3,(H2,30,38)/b13-8+. The number of carbonyl (C=O) groups excluding carboxylic acids is 3. The molecule has 1 aliphatic heterocycles. The van der Waals surface area contributed by atoms with Crippen LogP contribution in [0.5, 0.6) is 17.2 Å². The third kappa shape index (κ3) is 3.48. The minimum absolute atomic E-state index is 0.0349. The van der Waals surface area contributed by atoms with Crippen LogP contribution in [0.3, 0.4) is 0 Å². The number of phenols is 1. The van der Waals surface area contributed by atoms with Gasteiger partial charge < -0.3 is 40.7 Å². The van der Waals surface area contributed by atoms with Gasteiger partial charge in [-0.25, -0.2) is 0 Å². The van der Waals surface area contributed by atoms with Crippen molar-refractivity contribution >= 4 is 34.9 Å². The summed E-state index contributed by atoms with van der Waals surface area (Å²) in [4.78, 5) is 41.1. The number of carbonyl (C=O) groups is 3.